The molecule has 6 rings (SSSR count). The number of pyridine rings is 1. The van der Waals surface area contributed by atoms with E-state index in [4.69, 9.17) is 11.6 Å². The third-order valence-electron chi connectivity index (χ3n) is 7.05. The first-order chi connectivity index (χ1) is 13.5. The van der Waals surface area contributed by atoms with Crippen LogP contribution in [0.4, 0.5) is 0 Å². The molecule has 4 bridgehead atoms. The van der Waals surface area contributed by atoms with Crippen molar-refractivity contribution in [2.45, 2.75) is 51.9 Å². The summed E-state index contributed by atoms with van der Waals surface area (Å²) in [6.45, 7) is 2.03. The van der Waals surface area contributed by atoms with Crippen LogP contribution in [0.1, 0.15) is 56.1 Å². The number of hydrazone groups is 1. The summed E-state index contributed by atoms with van der Waals surface area (Å²) in [5.41, 5.74) is 5.70. The van der Waals surface area contributed by atoms with Gasteiger partial charge in [-0.3, -0.25) is 4.79 Å². The lowest BCUT2D eigenvalue weighted by molar-refractivity contribution is -0.129. The van der Waals surface area contributed by atoms with Crippen LogP contribution >= 0.6 is 11.6 Å². The van der Waals surface area contributed by atoms with Crippen molar-refractivity contribution in [3.8, 4) is 0 Å². The normalized spacial score (nSPS) is 31.0. The second-order valence-electron chi connectivity index (χ2n) is 9.45. The number of rotatable bonds is 4. The zero-order valence-electron chi connectivity index (χ0n) is 16.2. The van der Waals surface area contributed by atoms with Gasteiger partial charge in [-0.25, -0.2) is 10.4 Å². The number of carbonyl (C=O) groups is 1. The van der Waals surface area contributed by atoms with Crippen LogP contribution in [-0.2, 0) is 4.79 Å². The summed E-state index contributed by atoms with van der Waals surface area (Å²) in [5.74, 6) is 2.59. The Morgan fingerprint density at radius 2 is 1.89 bits per heavy atom. The summed E-state index contributed by atoms with van der Waals surface area (Å²) >= 11 is 6.30. The number of nitrogens with one attached hydrogen (secondary N) is 1. The van der Waals surface area contributed by atoms with Crippen molar-refractivity contribution in [2.75, 3.05) is 0 Å². The molecule has 2 aromatic rings. The SMILES string of the molecule is Cc1ccc2cc(/C=N\NC(=O)CC34CC5CC(CC(C5)C3)C4)c(Cl)nc2c1. The Bertz CT molecular complexity index is 932. The molecule has 4 saturated carbocycles. The minimum Gasteiger partial charge on any atom is -0.273 e. The molecule has 146 valence electrons. The summed E-state index contributed by atoms with van der Waals surface area (Å²) in [6, 6.07) is 8.04. The van der Waals surface area contributed by atoms with E-state index in [2.05, 4.69) is 15.5 Å². The van der Waals surface area contributed by atoms with Crippen molar-refractivity contribution >= 4 is 34.6 Å². The fraction of sp³-hybridized carbons (Fsp3) is 0.522. The lowest BCUT2D eigenvalue weighted by Crippen LogP contribution is -2.47. The maximum absolute atomic E-state index is 12.6. The second kappa shape index (κ2) is 6.84. The molecule has 0 spiro atoms. The van der Waals surface area contributed by atoms with Gasteiger partial charge in [-0.1, -0.05) is 23.7 Å². The topological polar surface area (TPSA) is 54.4 Å². The van der Waals surface area contributed by atoms with Gasteiger partial charge in [0.25, 0.3) is 0 Å². The van der Waals surface area contributed by atoms with Gasteiger partial charge < -0.3 is 0 Å². The molecule has 4 fully saturated rings. The lowest BCUT2D eigenvalue weighted by atomic mass is 9.49. The van der Waals surface area contributed by atoms with Gasteiger partial charge in [-0.05, 0) is 86.3 Å². The first-order valence-electron chi connectivity index (χ1n) is 10.4. The standard InChI is InChI=1S/C23H26ClN3O/c1-14-2-3-18-8-19(22(24)26-20(18)4-14)13-25-27-21(28)12-23-9-15-5-16(10-23)7-17(6-15)11-23/h2-4,8,13,15-17H,5-7,9-12H2,1H3,(H,27,28)/b25-13-. The van der Waals surface area contributed by atoms with Crippen LogP contribution in [0.3, 0.4) is 0 Å². The van der Waals surface area contributed by atoms with E-state index in [1.807, 2.05) is 31.2 Å². The van der Waals surface area contributed by atoms with Crippen molar-refractivity contribution in [2.24, 2.45) is 28.3 Å². The summed E-state index contributed by atoms with van der Waals surface area (Å²) < 4.78 is 0. The average molecular weight is 396 g/mol. The number of aryl methyl sites for hydroxylation is 1. The van der Waals surface area contributed by atoms with Crippen molar-refractivity contribution in [1.82, 2.24) is 10.4 Å². The highest BCUT2D eigenvalue weighted by molar-refractivity contribution is 6.32. The number of fused-ring (bicyclic) bond motifs is 1. The number of benzene rings is 1. The zero-order chi connectivity index (χ0) is 19.3. The highest BCUT2D eigenvalue weighted by atomic mass is 35.5. The predicted octanol–water partition coefficient (Wildman–Crippen LogP) is 5.25. The third-order valence-corrected chi connectivity index (χ3v) is 7.35. The van der Waals surface area contributed by atoms with E-state index in [-0.39, 0.29) is 11.3 Å². The van der Waals surface area contributed by atoms with E-state index in [1.165, 1.54) is 38.5 Å². The molecule has 1 heterocycles. The Morgan fingerprint density at radius 3 is 2.57 bits per heavy atom. The number of nitrogens with zero attached hydrogens (tertiary/aromatic N) is 2. The molecule has 0 aliphatic heterocycles. The molecule has 0 radical (unpaired) electrons. The summed E-state index contributed by atoms with van der Waals surface area (Å²) in [4.78, 5) is 17.0. The van der Waals surface area contributed by atoms with E-state index in [9.17, 15) is 4.79 Å². The van der Waals surface area contributed by atoms with Crippen LogP contribution < -0.4 is 5.43 Å². The molecule has 1 N–H and O–H groups in total. The molecular formula is C23H26ClN3O. The lowest BCUT2D eigenvalue weighted by Gasteiger charge is -2.56. The quantitative estimate of drug-likeness (QED) is 0.436. The first-order valence-corrected chi connectivity index (χ1v) is 10.7. The molecule has 0 atom stereocenters. The van der Waals surface area contributed by atoms with Crippen LogP contribution in [0, 0.1) is 30.1 Å². The summed E-state index contributed by atoms with van der Waals surface area (Å²) in [5, 5.41) is 5.59. The number of hydrogen-bond donors (Lipinski definition) is 1. The molecule has 28 heavy (non-hydrogen) atoms. The monoisotopic (exact) mass is 395 g/mol. The molecule has 0 saturated heterocycles. The molecule has 4 nitrogen and oxygen atoms in total. The molecular weight excluding hydrogens is 370 g/mol. The van der Waals surface area contributed by atoms with Gasteiger partial charge in [0, 0.05) is 17.4 Å². The van der Waals surface area contributed by atoms with Gasteiger partial charge in [0.1, 0.15) is 5.15 Å². The highest BCUT2D eigenvalue weighted by Gasteiger charge is 2.51. The van der Waals surface area contributed by atoms with E-state index >= 15 is 0 Å². The van der Waals surface area contributed by atoms with Gasteiger partial charge in [0.2, 0.25) is 5.91 Å². The van der Waals surface area contributed by atoms with Gasteiger partial charge in [-0.2, -0.15) is 5.10 Å². The Morgan fingerprint density at radius 1 is 1.21 bits per heavy atom. The van der Waals surface area contributed by atoms with Gasteiger partial charge in [-0.15, -0.1) is 0 Å². The minimum atomic E-state index is 0.0266. The van der Waals surface area contributed by atoms with Gasteiger partial charge >= 0.3 is 0 Å². The van der Waals surface area contributed by atoms with Crippen LogP contribution in [-0.4, -0.2) is 17.1 Å². The molecule has 0 unspecified atom stereocenters. The van der Waals surface area contributed by atoms with Crippen molar-refractivity contribution in [3.05, 3.63) is 40.5 Å². The van der Waals surface area contributed by atoms with Crippen LogP contribution in [0.2, 0.25) is 5.15 Å². The summed E-state index contributed by atoms with van der Waals surface area (Å²) in [7, 11) is 0. The largest absolute Gasteiger partial charge is 0.273 e. The summed E-state index contributed by atoms with van der Waals surface area (Å²) in [6.07, 6.45) is 10.1. The number of hydrogen-bond acceptors (Lipinski definition) is 3. The van der Waals surface area contributed by atoms with Crippen LogP contribution in [0.25, 0.3) is 10.9 Å². The van der Waals surface area contributed by atoms with Crippen molar-refractivity contribution < 1.29 is 4.79 Å². The van der Waals surface area contributed by atoms with Gasteiger partial charge in [0.05, 0.1) is 11.7 Å². The fourth-order valence-corrected chi connectivity index (χ4v) is 6.62. The van der Waals surface area contributed by atoms with E-state index in [0.717, 1.165) is 34.2 Å². The van der Waals surface area contributed by atoms with Gasteiger partial charge in [0.15, 0.2) is 0 Å². The van der Waals surface area contributed by atoms with Crippen LogP contribution in [0.5, 0.6) is 0 Å². The first kappa shape index (κ1) is 18.1. The molecule has 1 aromatic carbocycles. The maximum Gasteiger partial charge on any atom is 0.240 e. The Labute approximate surface area is 170 Å². The van der Waals surface area contributed by atoms with E-state index < -0.39 is 0 Å². The Balaban J connectivity index is 1.25. The smallest absolute Gasteiger partial charge is 0.240 e. The average Bonchev–Trinajstić information content (AvgIpc) is 2.60. The third kappa shape index (κ3) is 3.43. The highest BCUT2D eigenvalue weighted by Crippen LogP contribution is 2.61. The molecule has 1 amide bonds. The molecule has 4 aliphatic rings. The van der Waals surface area contributed by atoms with E-state index in [0.29, 0.717) is 17.1 Å². The molecule has 1 aromatic heterocycles. The second-order valence-corrected chi connectivity index (χ2v) is 9.81. The molecule has 5 heteroatoms. The van der Waals surface area contributed by atoms with Crippen LogP contribution in [0.15, 0.2) is 29.4 Å². The fourth-order valence-electron chi connectivity index (χ4n) is 6.42. The van der Waals surface area contributed by atoms with E-state index in [1.54, 1.807) is 6.21 Å². The molecule has 4 aliphatic carbocycles. The van der Waals surface area contributed by atoms with Crippen molar-refractivity contribution in [3.63, 3.8) is 0 Å². The number of aromatic nitrogens is 1. The number of halogens is 1. The number of carbonyl (C=O) groups excluding carboxylic acids is 1. The zero-order valence-corrected chi connectivity index (χ0v) is 17.0. The van der Waals surface area contributed by atoms with Crippen molar-refractivity contribution in [1.29, 1.82) is 0 Å². The Hall–Kier alpha value is -1.94. The number of amides is 1. The Kier molecular flexibility index (Phi) is 4.42. The maximum atomic E-state index is 12.6. The predicted molar refractivity (Wildman–Crippen MR) is 112 cm³/mol. The minimum absolute atomic E-state index is 0.0266.